The third-order valence-electron chi connectivity index (χ3n) is 1.81. The molecule has 0 amide bonds. The molecule has 0 saturated heterocycles. The number of methoxy groups -OCH3 is 1. The maximum absolute atomic E-state index is 12.5. The van der Waals surface area contributed by atoms with Crippen LogP contribution < -0.4 is 0 Å². The lowest BCUT2D eigenvalue weighted by atomic mass is 10.1. The van der Waals surface area contributed by atoms with Crippen molar-refractivity contribution in [2.75, 3.05) is 13.7 Å². The molecule has 0 aromatic carbocycles. The summed E-state index contributed by atoms with van der Waals surface area (Å²) in [6.07, 6.45) is 4.00. The van der Waals surface area contributed by atoms with E-state index in [-0.39, 0.29) is 0 Å². The molecule has 1 aliphatic carbocycles. The predicted molar refractivity (Wildman–Crippen MR) is 53.3 cm³/mol. The van der Waals surface area contributed by atoms with Crippen LogP contribution in [0.1, 0.15) is 39.0 Å². The minimum Gasteiger partial charge on any atom is -0.385 e. The fraction of sp³-hybridized carbons (Fsp3) is 0.818. The molecule has 1 aliphatic rings. The summed E-state index contributed by atoms with van der Waals surface area (Å²) >= 11 is 0. The summed E-state index contributed by atoms with van der Waals surface area (Å²) in [4.78, 5) is 0. The quantitative estimate of drug-likeness (QED) is 0.572. The molecule has 1 nitrogen and oxygen atoms in total. The van der Waals surface area contributed by atoms with Crippen molar-refractivity contribution in [3.8, 4) is 11.8 Å². The van der Waals surface area contributed by atoms with Crippen LogP contribution in [0.4, 0.5) is 4.39 Å². The highest BCUT2D eigenvalue weighted by molar-refractivity contribution is 5.05. The van der Waals surface area contributed by atoms with Crippen molar-refractivity contribution < 1.29 is 9.13 Å². The third-order valence-corrected chi connectivity index (χ3v) is 1.81. The number of hydrogen-bond donors (Lipinski definition) is 0. The zero-order chi connectivity index (χ0) is 9.94. The van der Waals surface area contributed by atoms with E-state index in [2.05, 4.69) is 16.6 Å². The summed E-state index contributed by atoms with van der Waals surface area (Å²) in [6.45, 7) is 2.78. The Labute approximate surface area is 80.7 Å². The van der Waals surface area contributed by atoms with Gasteiger partial charge in [0.05, 0.1) is 0 Å². The normalized spacial score (nSPS) is 21.3. The molecule has 0 spiro atoms. The SMILES string of the molecule is CCOC.FC1C#CCCCCC1. The van der Waals surface area contributed by atoms with E-state index in [1.54, 1.807) is 7.11 Å². The van der Waals surface area contributed by atoms with Crippen molar-refractivity contribution in [1.29, 1.82) is 0 Å². The van der Waals surface area contributed by atoms with Gasteiger partial charge in [-0.05, 0) is 26.2 Å². The second-order valence-electron chi connectivity index (χ2n) is 2.97. The fourth-order valence-electron chi connectivity index (χ4n) is 0.969. The van der Waals surface area contributed by atoms with Crippen LogP contribution in [0.5, 0.6) is 0 Å². The molecule has 0 radical (unpaired) electrons. The van der Waals surface area contributed by atoms with Crippen molar-refractivity contribution >= 4 is 0 Å². The number of ether oxygens (including phenoxy) is 1. The summed E-state index contributed by atoms with van der Waals surface area (Å²) in [6, 6.07) is 0. The van der Waals surface area contributed by atoms with Gasteiger partial charge in [-0.1, -0.05) is 12.3 Å². The van der Waals surface area contributed by atoms with Gasteiger partial charge < -0.3 is 4.74 Å². The molecule has 0 fully saturated rings. The standard InChI is InChI=1S/C8H11F.C3H8O/c9-8-6-4-2-1-3-5-7-8;1-3-4-2/h8H,1-4,6H2;3H2,1-2H3. The molecule has 13 heavy (non-hydrogen) atoms. The second-order valence-corrected chi connectivity index (χ2v) is 2.97. The molecule has 1 rings (SSSR count). The van der Waals surface area contributed by atoms with Crippen molar-refractivity contribution in [2.24, 2.45) is 0 Å². The van der Waals surface area contributed by atoms with Crippen LogP contribution >= 0.6 is 0 Å². The van der Waals surface area contributed by atoms with Crippen LogP contribution in [-0.2, 0) is 4.74 Å². The number of halogens is 1. The van der Waals surface area contributed by atoms with Gasteiger partial charge in [0.25, 0.3) is 0 Å². The lowest BCUT2D eigenvalue weighted by molar-refractivity contribution is 0.215. The Morgan fingerprint density at radius 3 is 2.69 bits per heavy atom. The van der Waals surface area contributed by atoms with E-state index >= 15 is 0 Å². The minimum absolute atomic E-state index is 0.646. The maximum atomic E-state index is 12.5. The molecule has 0 bridgehead atoms. The van der Waals surface area contributed by atoms with E-state index in [0.717, 1.165) is 32.3 Å². The second kappa shape index (κ2) is 9.54. The van der Waals surface area contributed by atoms with Crippen LogP contribution in [0.25, 0.3) is 0 Å². The van der Waals surface area contributed by atoms with Gasteiger partial charge in [0.2, 0.25) is 0 Å². The Morgan fingerprint density at radius 1 is 1.38 bits per heavy atom. The Balaban J connectivity index is 0.000000310. The van der Waals surface area contributed by atoms with Gasteiger partial charge in [0.15, 0.2) is 6.17 Å². The third kappa shape index (κ3) is 9.36. The van der Waals surface area contributed by atoms with Gasteiger partial charge in [-0.25, -0.2) is 4.39 Å². The van der Waals surface area contributed by atoms with Gasteiger partial charge in [-0.15, -0.1) is 5.92 Å². The summed E-state index contributed by atoms with van der Waals surface area (Å²) < 4.78 is 17.0. The van der Waals surface area contributed by atoms with Gasteiger partial charge in [0.1, 0.15) is 0 Å². The first-order chi connectivity index (χ1) is 6.31. The smallest absolute Gasteiger partial charge is 0.160 e. The average molecular weight is 186 g/mol. The monoisotopic (exact) mass is 186 g/mol. The molecule has 0 aromatic heterocycles. The first kappa shape index (κ1) is 12.4. The number of rotatable bonds is 1. The largest absolute Gasteiger partial charge is 0.385 e. The van der Waals surface area contributed by atoms with Crippen LogP contribution in [0, 0.1) is 11.8 Å². The van der Waals surface area contributed by atoms with Gasteiger partial charge in [0, 0.05) is 20.1 Å². The molecule has 0 saturated carbocycles. The van der Waals surface area contributed by atoms with Gasteiger partial charge >= 0.3 is 0 Å². The van der Waals surface area contributed by atoms with E-state index < -0.39 is 6.17 Å². The average Bonchev–Trinajstić information content (AvgIpc) is 2.12. The summed E-state index contributed by atoms with van der Waals surface area (Å²) in [5.41, 5.74) is 0. The van der Waals surface area contributed by atoms with Gasteiger partial charge in [-0.3, -0.25) is 0 Å². The van der Waals surface area contributed by atoms with Crippen molar-refractivity contribution in [1.82, 2.24) is 0 Å². The van der Waals surface area contributed by atoms with Crippen molar-refractivity contribution in [2.45, 2.75) is 45.2 Å². The topological polar surface area (TPSA) is 9.23 Å². The molecule has 76 valence electrons. The highest BCUT2D eigenvalue weighted by atomic mass is 19.1. The van der Waals surface area contributed by atoms with E-state index in [9.17, 15) is 4.39 Å². The summed E-state index contributed by atoms with van der Waals surface area (Å²) in [5, 5.41) is 0. The van der Waals surface area contributed by atoms with E-state index in [0.29, 0.717) is 6.42 Å². The lowest BCUT2D eigenvalue weighted by Gasteiger charge is -2.02. The van der Waals surface area contributed by atoms with E-state index in [1.807, 2.05) is 6.92 Å². The molecule has 0 heterocycles. The van der Waals surface area contributed by atoms with E-state index in [4.69, 9.17) is 0 Å². The Morgan fingerprint density at radius 2 is 2.08 bits per heavy atom. The summed E-state index contributed by atoms with van der Waals surface area (Å²) in [5.74, 6) is 5.38. The van der Waals surface area contributed by atoms with Crippen LogP contribution in [0.3, 0.4) is 0 Å². The highest BCUT2D eigenvalue weighted by Crippen LogP contribution is 2.09. The zero-order valence-corrected chi connectivity index (χ0v) is 8.61. The molecule has 0 aromatic rings. The van der Waals surface area contributed by atoms with E-state index in [1.165, 1.54) is 0 Å². The minimum atomic E-state index is -0.842. The molecule has 2 heteroatoms. The number of hydrogen-bond acceptors (Lipinski definition) is 1. The van der Waals surface area contributed by atoms with Gasteiger partial charge in [-0.2, -0.15) is 0 Å². The molecular formula is C11H19FO. The van der Waals surface area contributed by atoms with Crippen LogP contribution in [0.2, 0.25) is 0 Å². The first-order valence-corrected chi connectivity index (χ1v) is 4.92. The molecular weight excluding hydrogens is 167 g/mol. The summed E-state index contributed by atoms with van der Waals surface area (Å²) in [7, 11) is 1.68. The maximum Gasteiger partial charge on any atom is 0.160 e. The predicted octanol–water partition coefficient (Wildman–Crippen LogP) is 2.94. The fourth-order valence-corrected chi connectivity index (χ4v) is 0.969. The zero-order valence-electron chi connectivity index (χ0n) is 8.61. The van der Waals surface area contributed by atoms with Crippen LogP contribution in [-0.4, -0.2) is 19.9 Å². The Bertz CT molecular complexity index is 155. The highest BCUT2D eigenvalue weighted by Gasteiger charge is 2.02. The Kier molecular flexibility index (Phi) is 9.13. The van der Waals surface area contributed by atoms with Crippen molar-refractivity contribution in [3.63, 3.8) is 0 Å². The first-order valence-electron chi connectivity index (χ1n) is 4.92. The van der Waals surface area contributed by atoms with Crippen LogP contribution in [0.15, 0.2) is 0 Å². The lowest BCUT2D eigenvalue weighted by Crippen LogP contribution is -1.97. The molecule has 1 atom stereocenters. The van der Waals surface area contributed by atoms with Crippen molar-refractivity contribution in [3.05, 3.63) is 0 Å². The Hall–Kier alpha value is -0.550. The molecule has 0 N–H and O–H groups in total. The molecule has 1 unspecified atom stereocenters. The molecule has 0 aliphatic heterocycles. The number of alkyl halides is 1.